The summed E-state index contributed by atoms with van der Waals surface area (Å²) in [7, 11) is 4.14. The van der Waals surface area contributed by atoms with E-state index >= 15 is 0 Å². The van der Waals surface area contributed by atoms with Gasteiger partial charge in [-0.2, -0.15) is 0 Å². The standard InChI is InChI=1S/C25H22F2N4O/c1-31(2)14-15-6-8-16(9-7-15)17-10-19-20(12-29-25(19)28-11-17)24-21(13-30-32-24)18-4-3-5-22(26)23(18)27/h3-6,8,10-13H,7,9,14H2,1-2H3,(H,28,29). The van der Waals surface area contributed by atoms with E-state index < -0.39 is 11.6 Å². The average molecular weight is 432 g/mol. The van der Waals surface area contributed by atoms with Crippen molar-refractivity contribution in [3.8, 4) is 22.5 Å². The molecule has 1 aromatic carbocycles. The number of nitrogens with one attached hydrogen (secondary N) is 1. The topological polar surface area (TPSA) is 58.0 Å². The number of H-pyrrole nitrogens is 1. The number of nitrogens with zero attached hydrogens (tertiary/aromatic N) is 3. The van der Waals surface area contributed by atoms with Crippen LogP contribution in [0.1, 0.15) is 18.4 Å². The number of allylic oxidation sites excluding steroid dienone is 3. The van der Waals surface area contributed by atoms with Gasteiger partial charge in [0.1, 0.15) is 5.65 Å². The van der Waals surface area contributed by atoms with Gasteiger partial charge in [-0.1, -0.05) is 35.0 Å². The number of rotatable bonds is 5. The summed E-state index contributed by atoms with van der Waals surface area (Å²) >= 11 is 0. The minimum absolute atomic E-state index is 0.105. The van der Waals surface area contributed by atoms with Crippen LogP contribution in [0.3, 0.4) is 0 Å². The lowest BCUT2D eigenvalue weighted by Crippen LogP contribution is -2.15. The first-order valence-corrected chi connectivity index (χ1v) is 10.4. The van der Waals surface area contributed by atoms with Gasteiger partial charge >= 0.3 is 0 Å². The SMILES string of the molecule is CN(C)CC1=CC=C(c2cnc3[nH]cc(-c4oncc4-c4cccc(F)c4F)c3c2)CC1. The van der Waals surface area contributed by atoms with Crippen LogP contribution in [0.4, 0.5) is 8.78 Å². The lowest BCUT2D eigenvalue weighted by Gasteiger charge is -2.18. The van der Waals surface area contributed by atoms with E-state index in [0.717, 1.165) is 36.4 Å². The number of likely N-dealkylation sites (N-methyl/N-ethyl adjacent to an activating group) is 1. The van der Waals surface area contributed by atoms with Gasteiger partial charge in [0.15, 0.2) is 17.4 Å². The van der Waals surface area contributed by atoms with Crippen LogP contribution in [0.25, 0.3) is 39.1 Å². The van der Waals surface area contributed by atoms with E-state index in [4.69, 9.17) is 4.52 Å². The molecule has 0 unspecified atom stereocenters. The number of halogens is 2. The van der Waals surface area contributed by atoms with Gasteiger partial charge in [-0.3, -0.25) is 0 Å². The van der Waals surface area contributed by atoms with E-state index in [-0.39, 0.29) is 5.56 Å². The Morgan fingerprint density at radius 2 is 1.94 bits per heavy atom. The fraction of sp³-hybridized carbons (Fsp3) is 0.200. The molecule has 0 radical (unpaired) electrons. The van der Waals surface area contributed by atoms with Crippen molar-refractivity contribution >= 4 is 16.6 Å². The molecule has 0 saturated heterocycles. The molecular weight excluding hydrogens is 410 g/mol. The predicted molar refractivity (Wildman–Crippen MR) is 121 cm³/mol. The highest BCUT2D eigenvalue weighted by atomic mass is 19.2. The minimum atomic E-state index is -0.928. The van der Waals surface area contributed by atoms with Crippen LogP contribution in [-0.4, -0.2) is 40.7 Å². The molecule has 0 amide bonds. The molecule has 4 aromatic rings. The monoisotopic (exact) mass is 432 g/mol. The molecule has 0 atom stereocenters. The van der Waals surface area contributed by atoms with E-state index in [2.05, 4.69) is 52.3 Å². The summed E-state index contributed by atoms with van der Waals surface area (Å²) in [6, 6.07) is 6.12. The zero-order valence-electron chi connectivity index (χ0n) is 17.8. The van der Waals surface area contributed by atoms with E-state index in [9.17, 15) is 8.78 Å². The summed E-state index contributed by atoms with van der Waals surface area (Å²) in [5.41, 5.74) is 5.52. The van der Waals surface area contributed by atoms with E-state index in [0.29, 0.717) is 22.5 Å². The molecule has 0 saturated carbocycles. The molecule has 5 nitrogen and oxygen atoms in total. The van der Waals surface area contributed by atoms with Crippen LogP contribution >= 0.6 is 0 Å². The first-order chi connectivity index (χ1) is 15.5. The molecule has 1 aliphatic rings. The smallest absolute Gasteiger partial charge is 0.176 e. The Balaban J connectivity index is 1.56. The number of hydrogen-bond acceptors (Lipinski definition) is 4. The number of pyridine rings is 1. The number of aromatic nitrogens is 3. The highest BCUT2D eigenvalue weighted by Gasteiger charge is 2.21. The van der Waals surface area contributed by atoms with Crippen molar-refractivity contribution < 1.29 is 13.3 Å². The van der Waals surface area contributed by atoms with E-state index in [1.165, 1.54) is 29.5 Å². The summed E-state index contributed by atoms with van der Waals surface area (Å²) in [5.74, 6) is -1.47. The van der Waals surface area contributed by atoms with Crippen LogP contribution in [0.5, 0.6) is 0 Å². The van der Waals surface area contributed by atoms with Crippen molar-refractivity contribution in [2.45, 2.75) is 12.8 Å². The number of benzene rings is 1. The second kappa shape index (κ2) is 8.16. The predicted octanol–water partition coefficient (Wildman–Crippen LogP) is 5.83. The molecule has 1 aliphatic carbocycles. The van der Waals surface area contributed by atoms with Gasteiger partial charge in [-0.15, -0.1) is 0 Å². The largest absolute Gasteiger partial charge is 0.356 e. The summed E-state index contributed by atoms with van der Waals surface area (Å²) in [6.45, 7) is 0.952. The molecule has 162 valence electrons. The number of fused-ring (bicyclic) bond motifs is 1. The molecule has 5 rings (SSSR count). The third-order valence-electron chi connectivity index (χ3n) is 5.71. The fourth-order valence-corrected chi connectivity index (χ4v) is 4.16. The highest BCUT2D eigenvalue weighted by Crippen LogP contribution is 2.38. The first kappa shape index (κ1) is 20.3. The molecule has 32 heavy (non-hydrogen) atoms. The molecule has 0 bridgehead atoms. The Kier molecular flexibility index (Phi) is 5.19. The Labute approximate surface area is 184 Å². The van der Waals surface area contributed by atoms with Gasteiger partial charge in [0.2, 0.25) is 0 Å². The second-order valence-corrected chi connectivity index (χ2v) is 8.25. The molecule has 7 heteroatoms. The second-order valence-electron chi connectivity index (χ2n) is 8.25. The lowest BCUT2D eigenvalue weighted by atomic mass is 9.93. The maximum absolute atomic E-state index is 14.4. The summed E-state index contributed by atoms with van der Waals surface area (Å²) in [4.78, 5) is 9.87. The zero-order valence-corrected chi connectivity index (χ0v) is 17.8. The molecular formula is C25H22F2N4O. The third-order valence-corrected chi connectivity index (χ3v) is 5.71. The van der Waals surface area contributed by atoms with Crippen molar-refractivity contribution in [3.05, 3.63) is 77.8 Å². The first-order valence-electron chi connectivity index (χ1n) is 10.4. The van der Waals surface area contributed by atoms with E-state index in [1.807, 2.05) is 6.20 Å². The highest BCUT2D eigenvalue weighted by molar-refractivity contribution is 5.97. The van der Waals surface area contributed by atoms with Crippen LogP contribution in [-0.2, 0) is 0 Å². The molecule has 3 heterocycles. The Hall–Kier alpha value is -3.58. The van der Waals surface area contributed by atoms with Gasteiger partial charge in [0.05, 0.1) is 11.8 Å². The average Bonchev–Trinajstić information content (AvgIpc) is 3.42. The maximum Gasteiger partial charge on any atom is 0.176 e. The van der Waals surface area contributed by atoms with Gasteiger partial charge in [-0.25, -0.2) is 13.8 Å². The van der Waals surface area contributed by atoms with Crippen LogP contribution in [0.15, 0.2) is 65.1 Å². The Morgan fingerprint density at radius 3 is 2.72 bits per heavy atom. The molecule has 0 spiro atoms. The van der Waals surface area contributed by atoms with Crippen molar-refractivity contribution in [3.63, 3.8) is 0 Å². The van der Waals surface area contributed by atoms with Crippen molar-refractivity contribution in [1.82, 2.24) is 20.0 Å². The number of hydrogen-bond donors (Lipinski definition) is 1. The van der Waals surface area contributed by atoms with Gasteiger partial charge < -0.3 is 14.4 Å². The summed E-state index contributed by atoms with van der Waals surface area (Å²) in [5, 5.41) is 4.69. The van der Waals surface area contributed by atoms with Crippen LogP contribution < -0.4 is 0 Å². The quantitative estimate of drug-likeness (QED) is 0.431. The number of aromatic amines is 1. The normalized spacial score (nSPS) is 14.2. The van der Waals surface area contributed by atoms with Crippen molar-refractivity contribution in [1.29, 1.82) is 0 Å². The third kappa shape index (κ3) is 3.65. The van der Waals surface area contributed by atoms with Gasteiger partial charge in [-0.05, 0) is 50.2 Å². The Morgan fingerprint density at radius 1 is 1.06 bits per heavy atom. The molecule has 0 fully saturated rings. The summed E-state index contributed by atoms with van der Waals surface area (Å²) in [6.07, 6.45) is 11.3. The van der Waals surface area contributed by atoms with Crippen LogP contribution in [0, 0.1) is 11.6 Å². The van der Waals surface area contributed by atoms with Gasteiger partial charge in [0.25, 0.3) is 0 Å². The zero-order chi connectivity index (χ0) is 22.2. The minimum Gasteiger partial charge on any atom is -0.356 e. The fourth-order valence-electron chi connectivity index (χ4n) is 4.16. The van der Waals surface area contributed by atoms with Gasteiger partial charge in [0, 0.05) is 35.5 Å². The maximum atomic E-state index is 14.4. The van der Waals surface area contributed by atoms with E-state index in [1.54, 1.807) is 6.20 Å². The Bertz CT molecular complexity index is 1360. The van der Waals surface area contributed by atoms with Crippen LogP contribution in [0.2, 0.25) is 0 Å². The molecule has 1 N–H and O–H groups in total. The molecule has 0 aliphatic heterocycles. The summed E-state index contributed by atoms with van der Waals surface area (Å²) < 4.78 is 33.7. The lowest BCUT2D eigenvalue weighted by molar-refractivity contribution is 0.432. The van der Waals surface area contributed by atoms with Crippen molar-refractivity contribution in [2.24, 2.45) is 0 Å². The van der Waals surface area contributed by atoms with Crippen molar-refractivity contribution in [2.75, 3.05) is 20.6 Å². The molecule has 3 aromatic heterocycles.